The van der Waals surface area contributed by atoms with Crippen LogP contribution in [0.25, 0.3) is 4.85 Å². The van der Waals surface area contributed by atoms with Gasteiger partial charge in [0.05, 0.1) is 54.6 Å². The van der Waals surface area contributed by atoms with Gasteiger partial charge >= 0.3 is 51.5 Å². The van der Waals surface area contributed by atoms with E-state index in [0.29, 0.717) is 22.3 Å². The lowest BCUT2D eigenvalue weighted by Gasteiger charge is -2.37. The molecule has 4 unspecified atom stereocenters. The molecule has 28 heteroatoms. The first kappa shape index (κ1) is 88.3. The number of aliphatic hydroxyl groups is 2. The van der Waals surface area contributed by atoms with Gasteiger partial charge in [-0.25, -0.2) is 44.5 Å². The number of esters is 6. The van der Waals surface area contributed by atoms with E-state index in [9.17, 15) is 63.0 Å². The highest BCUT2D eigenvalue weighted by Gasteiger charge is 2.50. The first-order chi connectivity index (χ1) is 54.3. The Kier molecular flexibility index (Phi) is 31.8. The third-order valence-electron chi connectivity index (χ3n) is 17.8. The molecule has 0 saturated carbocycles. The second-order valence-electron chi connectivity index (χ2n) is 27.7. The normalized spacial score (nSPS) is 20.6. The molecule has 2 aliphatic heterocycles. The van der Waals surface area contributed by atoms with Crippen LogP contribution in [0.15, 0.2) is 274 Å². The first-order valence-electron chi connectivity index (χ1n) is 36.1. The molecule has 0 spiro atoms. The fourth-order valence-corrected chi connectivity index (χ4v) is 14.5. The van der Waals surface area contributed by atoms with E-state index >= 15 is 0 Å². The zero-order valence-electron chi connectivity index (χ0n) is 64.4. The molecule has 4 aromatic rings. The first-order valence-corrected chi connectivity index (χ1v) is 39.0. The van der Waals surface area contributed by atoms with Crippen LogP contribution in [0.3, 0.4) is 0 Å². The van der Waals surface area contributed by atoms with Crippen molar-refractivity contribution in [1.82, 2.24) is 0 Å². The van der Waals surface area contributed by atoms with Crippen LogP contribution >= 0.6 is 15.6 Å². The van der Waals surface area contributed by atoms with Gasteiger partial charge in [-0.15, -0.1) is 0 Å². The van der Waals surface area contributed by atoms with Crippen LogP contribution in [0, 0.1) is 28.7 Å². The molecule has 26 nitrogen and oxygen atoms in total. The lowest BCUT2D eigenvalue weighted by atomic mass is 9.71. The lowest BCUT2D eigenvalue weighted by molar-refractivity contribution is -0.148. The third kappa shape index (κ3) is 24.6. The number of ether oxygens (including phenoxy) is 6. The zero-order valence-corrected chi connectivity index (χ0v) is 66.2. The van der Waals surface area contributed by atoms with Crippen LogP contribution < -0.4 is 0 Å². The molecule has 0 fully saturated rings. The minimum atomic E-state index is -4.85. The van der Waals surface area contributed by atoms with Gasteiger partial charge in [0.15, 0.2) is 23.8 Å². The second-order valence-corrected chi connectivity index (χ2v) is 31.0. The van der Waals surface area contributed by atoms with Gasteiger partial charge in [0.1, 0.15) is 31.0 Å². The number of hydrogen-bond acceptors (Lipinski definition) is 25. The quantitative estimate of drug-likeness (QED) is 0.0107. The van der Waals surface area contributed by atoms with Gasteiger partial charge in [0.25, 0.3) is 11.5 Å². The van der Waals surface area contributed by atoms with Crippen LogP contribution in [0.1, 0.15) is 130 Å². The second kappa shape index (κ2) is 41.0. The lowest BCUT2D eigenvalue weighted by Crippen LogP contribution is -2.38. The predicted octanol–water partition coefficient (Wildman–Crippen LogP) is 15.5. The van der Waals surface area contributed by atoms with Gasteiger partial charge in [0, 0.05) is 0 Å². The van der Waals surface area contributed by atoms with Crippen LogP contribution in [0.5, 0.6) is 0 Å². The van der Waals surface area contributed by atoms with Gasteiger partial charge in [-0.2, -0.15) is 5.26 Å². The maximum Gasteiger partial charge on any atom is 0.475 e. The molecule has 0 amide bonds. The van der Waals surface area contributed by atoms with Crippen LogP contribution in [0.4, 0.5) is 0 Å². The number of carbonyl (C=O) groups is 8. The van der Waals surface area contributed by atoms with Crippen LogP contribution in [0.2, 0.25) is 0 Å². The Morgan fingerprint density at radius 1 is 0.518 bits per heavy atom. The molecule has 2 heterocycles. The summed E-state index contributed by atoms with van der Waals surface area (Å²) in [5.41, 5.74) is 4.19. The average molecular weight is 1600 g/mol. The number of ketones is 2. The van der Waals surface area contributed by atoms with Crippen LogP contribution in [-0.2, 0) is 83.9 Å². The molecule has 2 N–H and O–H groups in total. The molecular formula is C86H88N2O24P2. The minimum Gasteiger partial charge on any atom is -0.445 e. The number of nitriles is 1. The Labute approximate surface area is 661 Å². The molecule has 8 atom stereocenters. The van der Waals surface area contributed by atoms with Crippen molar-refractivity contribution in [2.45, 2.75) is 125 Å². The standard InChI is InChI=1S/C86H88N2O24P2/c1-55(31-26-33-57(3)43-45-65-59(5)71(91)69(51-85(65,7)8)111-113(99,101-49-28-47-87)103-53-67(89)73-75(107-79(93)61-35-16-12-17-36-61)77(83(97)105-73)109-81(95)63-39-20-14-21-40-63)29-24-25-30-56(2)32-27-34-58(4)44-46-66-60(6)72(92)70(52-86(66,9)10)112-114(100,102-50-48-88-11)104-54-68(90)74-76(108-80(94)62-37-18-13-19-38-62)78(84(98)106-74)110-82(96)64-41-22-15-23-42-64/h12-27,29-46,67-70,73-74,89-90H,28,48-54H2,1-10H3/b25-24+,31-26+,32-27+,45-43+,46-44+,55-29+,56-30+,57-33+,58-34+/t67-,68-,69?,70?,73+,74+,113?,114?/m0/s1. The van der Waals surface area contributed by atoms with E-state index in [0.717, 1.165) is 22.3 Å². The van der Waals surface area contributed by atoms with Crippen molar-refractivity contribution in [1.29, 1.82) is 5.26 Å². The van der Waals surface area contributed by atoms with E-state index in [-0.39, 0.29) is 48.1 Å². The van der Waals surface area contributed by atoms with Crippen molar-refractivity contribution in [3.63, 3.8) is 0 Å². The monoisotopic (exact) mass is 1590 g/mol. The van der Waals surface area contributed by atoms with Crippen molar-refractivity contribution < 1.29 is 113 Å². The van der Waals surface area contributed by atoms with E-state index in [4.69, 9.17) is 62.1 Å². The highest BCUT2D eigenvalue weighted by molar-refractivity contribution is 7.48. The van der Waals surface area contributed by atoms with E-state index in [1.807, 2.05) is 147 Å². The molecule has 4 aliphatic rings. The number of allylic oxidation sites excluding steroid dienone is 20. The fraction of sp³-hybridized carbons (Fsp3) is 0.302. The van der Waals surface area contributed by atoms with Crippen molar-refractivity contribution in [3.05, 3.63) is 308 Å². The Hall–Kier alpha value is -11.2. The van der Waals surface area contributed by atoms with E-state index in [1.54, 1.807) is 86.6 Å². The molecule has 4 aromatic carbocycles. The molecule has 8 rings (SSSR count). The molecule has 596 valence electrons. The summed E-state index contributed by atoms with van der Waals surface area (Å²) in [5.74, 6) is -10.6. The fourth-order valence-electron chi connectivity index (χ4n) is 11.9. The highest BCUT2D eigenvalue weighted by atomic mass is 31.2. The van der Waals surface area contributed by atoms with E-state index in [1.165, 1.54) is 48.5 Å². The Balaban J connectivity index is 0.842. The summed E-state index contributed by atoms with van der Waals surface area (Å²) >= 11 is 0. The number of hydrogen-bond donors (Lipinski definition) is 2. The highest BCUT2D eigenvalue weighted by Crippen LogP contribution is 2.56. The van der Waals surface area contributed by atoms with Gasteiger partial charge in [0.2, 0.25) is 18.1 Å². The molecular weight excluding hydrogens is 1510 g/mol. The molecule has 0 bridgehead atoms. The van der Waals surface area contributed by atoms with Gasteiger partial charge in [-0.3, -0.25) is 36.7 Å². The number of Topliss-reactive ketones (excluding diaryl/α,β-unsaturated/α-hetero) is 2. The largest absolute Gasteiger partial charge is 0.475 e. The molecule has 0 radical (unpaired) electrons. The minimum absolute atomic E-state index is 0.000469. The molecule has 0 saturated heterocycles. The molecule has 2 aliphatic carbocycles. The number of phosphoric acid groups is 2. The van der Waals surface area contributed by atoms with Crippen molar-refractivity contribution in [2.75, 3.05) is 33.0 Å². The summed E-state index contributed by atoms with van der Waals surface area (Å²) in [6.45, 7) is 22.5. The van der Waals surface area contributed by atoms with Gasteiger partial charge in [-0.1, -0.05) is 208 Å². The summed E-state index contributed by atoms with van der Waals surface area (Å²) in [4.78, 5) is 111. The zero-order chi connectivity index (χ0) is 82.9. The number of nitrogens with zero attached hydrogens (tertiary/aromatic N) is 2. The van der Waals surface area contributed by atoms with E-state index < -0.39 is 160 Å². The Morgan fingerprint density at radius 3 is 1.18 bits per heavy atom. The summed E-state index contributed by atoms with van der Waals surface area (Å²) in [5, 5.41) is 32.3. The van der Waals surface area contributed by atoms with Gasteiger partial charge < -0.3 is 43.5 Å². The van der Waals surface area contributed by atoms with E-state index in [2.05, 4.69) is 4.85 Å². The smallest absolute Gasteiger partial charge is 0.445 e. The maximum atomic E-state index is 14.4. The number of phosphoric ester groups is 2. The number of benzene rings is 4. The van der Waals surface area contributed by atoms with Crippen LogP contribution in [-0.4, -0.2) is 127 Å². The van der Waals surface area contributed by atoms with Gasteiger partial charge in [-0.05, 0) is 136 Å². The number of aliphatic hydroxyl groups excluding tert-OH is 2. The Morgan fingerprint density at radius 2 is 0.842 bits per heavy atom. The maximum absolute atomic E-state index is 14.4. The number of carbonyl (C=O) groups excluding carboxylic acids is 8. The Bertz CT molecular complexity index is 4600. The topological polar surface area (TPSA) is 350 Å². The predicted molar refractivity (Wildman–Crippen MR) is 417 cm³/mol. The SMILES string of the molecule is [C-]#[N+]CCOP(=O)(OC[C@H](O)[C@H]1OC(=O)C(OC(=O)c2ccccc2)=C1OC(=O)c1ccccc1)OC1CC(C)(C)C(/C=C/C(C)=C/C=C/C(C)=C/C=C/C=C(C)/C=C/C=C(C)/C=C/C2=C(C)C(=O)C(OP(=O)(OCCC#N)OC[C@H](O)[C@H]3OC(=O)C(OC(=O)c4ccccc4)=C3OC(=O)c3ccccc3)CC2(C)C)=C(C)C1=O. The van der Waals surface area contributed by atoms with Crippen molar-refractivity contribution in [2.24, 2.45) is 10.8 Å². The summed E-state index contributed by atoms with van der Waals surface area (Å²) in [6, 6.07) is 32.2. The van der Waals surface area contributed by atoms with Crippen molar-refractivity contribution >= 4 is 63.0 Å². The average Bonchev–Trinajstić information content (AvgIpc) is 1.17. The summed E-state index contributed by atoms with van der Waals surface area (Å²) in [6.07, 6.45) is 15.8. The number of cyclic esters (lactones) is 2. The summed E-state index contributed by atoms with van der Waals surface area (Å²) in [7, 11) is -9.69. The third-order valence-corrected chi connectivity index (χ3v) is 20.8. The van der Waals surface area contributed by atoms with Crippen molar-refractivity contribution in [3.8, 4) is 6.07 Å². The molecule has 114 heavy (non-hydrogen) atoms. The summed E-state index contributed by atoms with van der Waals surface area (Å²) < 4.78 is 95.3. The molecule has 0 aromatic heterocycles. The number of rotatable bonds is 36.